The number of hydrogen-bond donors (Lipinski definition) is 1. The van der Waals surface area contributed by atoms with Gasteiger partial charge in [0.1, 0.15) is 35.5 Å². The third kappa shape index (κ3) is 6.55. The van der Waals surface area contributed by atoms with Gasteiger partial charge in [-0.2, -0.15) is 0 Å². The van der Waals surface area contributed by atoms with E-state index in [-0.39, 0.29) is 12.4 Å². The zero-order valence-corrected chi connectivity index (χ0v) is 23.5. The van der Waals surface area contributed by atoms with Gasteiger partial charge >= 0.3 is 0 Å². The molecule has 1 aliphatic heterocycles. The number of rotatable bonds is 9. The molecule has 0 aliphatic carbocycles. The quantitative estimate of drug-likeness (QED) is 0.217. The van der Waals surface area contributed by atoms with Crippen molar-refractivity contribution in [2.45, 2.75) is 12.6 Å². The molecule has 0 unspecified atom stereocenters. The second kappa shape index (κ2) is 12.2. The van der Waals surface area contributed by atoms with Crippen LogP contribution < -0.4 is 4.74 Å². The van der Waals surface area contributed by atoms with Crippen molar-refractivity contribution in [2.75, 3.05) is 39.3 Å². The van der Waals surface area contributed by atoms with Gasteiger partial charge in [0, 0.05) is 56.0 Å². The van der Waals surface area contributed by atoms with Crippen LogP contribution in [0.5, 0.6) is 5.75 Å². The molecule has 0 bridgehead atoms. The number of aliphatic hydroxyl groups is 1. The summed E-state index contributed by atoms with van der Waals surface area (Å²) in [7, 11) is 0. The van der Waals surface area contributed by atoms with Gasteiger partial charge in [0.2, 0.25) is 5.89 Å². The highest BCUT2D eigenvalue weighted by Gasteiger charge is 2.22. The summed E-state index contributed by atoms with van der Waals surface area (Å²) in [6.45, 7) is 4.54. The Hall–Kier alpha value is -3.47. The lowest BCUT2D eigenvalue weighted by molar-refractivity contribution is 0.0430. The second-order valence-corrected chi connectivity index (χ2v) is 10.8. The number of oxazole rings is 1. The minimum atomic E-state index is -0.658. The maximum Gasteiger partial charge on any atom is 0.227 e. The van der Waals surface area contributed by atoms with Gasteiger partial charge in [0.25, 0.3) is 0 Å². The van der Waals surface area contributed by atoms with Crippen LogP contribution in [-0.2, 0) is 6.54 Å². The minimum absolute atomic E-state index is 0.145. The Morgan fingerprint density at radius 1 is 0.951 bits per heavy atom. The zero-order chi connectivity index (χ0) is 28.3. The van der Waals surface area contributed by atoms with E-state index in [1.807, 2.05) is 6.07 Å². The van der Waals surface area contributed by atoms with Gasteiger partial charge in [-0.25, -0.2) is 9.37 Å². The summed E-state index contributed by atoms with van der Waals surface area (Å²) in [6, 6.07) is 18.6. The number of halogens is 3. The number of benzene rings is 3. The van der Waals surface area contributed by atoms with Crippen molar-refractivity contribution >= 4 is 34.3 Å². The number of aromatic nitrogens is 2. The van der Waals surface area contributed by atoms with Gasteiger partial charge in [-0.1, -0.05) is 40.5 Å². The lowest BCUT2D eigenvalue weighted by atomic mass is 10.1. The number of piperazine rings is 1. The van der Waals surface area contributed by atoms with Crippen LogP contribution in [0.25, 0.3) is 33.8 Å². The normalized spacial score (nSPS) is 15.4. The average molecular weight is 597 g/mol. The molecule has 212 valence electrons. The van der Waals surface area contributed by atoms with Crippen LogP contribution in [0.4, 0.5) is 4.39 Å². The third-order valence-corrected chi connectivity index (χ3v) is 7.59. The highest BCUT2D eigenvalue weighted by Crippen LogP contribution is 2.34. The molecule has 8 nitrogen and oxygen atoms in total. The highest BCUT2D eigenvalue weighted by atomic mass is 35.5. The summed E-state index contributed by atoms with van der Waals surface area (Å²) in [4.78, 5) is 8.95. The smallest absolute Gasteiger partial charge is 0.227 e. The Kier molecular flexibility index (Phi) is 8.23. The van der Waals surface area contributed by atoms with Crippen molar-refractivity contribution in [3.8, 4) is 28.5 Å². The Morgan fingerprint density at radius 2 is 1.71 bits per heavy atom. The van der Waals surface area contributed by atoms with Crippen LogP contribution in [0.3, 0.4) is 0 Å². The number of fused-ring (bicyclic) bond motifs is 1. The second-order valence-electron chi connectivity index (χ2n) is 9.98. The molecule has 41 heavy (non-hydrogen) atoms. The van der Waals surface area contributed by atoms with Gasteiger partial charge in [0.05, 0.1) is 16.6 Å². The number of ether oxygens (including phenoxy) is 1. The maximum atomic E-state index is 13.6. The van der Waals surface area contributed by atoms with E-state index in [1.54, 1.807) is 48.5 Å². The first-order chi connectivity index (χ1) is 19.9. The van der Waals surface area contributed by atoms with Crippen LogP contribution in [0.1, 0.15) is 5.76 Å². The van der Waals surface area contributed by atoms with Crippen molar-refractivity contribution in [1.82, 2.24) is 19.9 Å². The van der Waals surface area contributed by atoms with Crippen LogP contribution in [0, 0.1) is 5.82 Å². The Labute approximate surface area is 245 Å². The molecule has 2 aromatic heterocycles. The zero-order valence-electron chi connectivity index (χ0n) is 22.0. The van der Waals surface area contributed by atoms with Gasteiger partial charge in [-0.05, 0) is 42.5 Å². The number of aliphatic hydroxyl groups excluding tert-OH is 1. The SMILES string of the molecule is O[C@H](COc1ccc2oc(-c3cccc(F)c3)nc2c1)CN1CCN(Cc2cc(-c3c(Cl)cccc3Cl)no2)CC1. The van der Waals surface area contributed by atoms with E-state index in [1.165, 1.54) is 12.1 Å². The van der Waals surface area contributed by atoms with Gasteiger partial charge in [0.15, 0.2) is 11.3 Å². The first-order valence-corrected chi connectivity index (χ1v) is 14.0. The lowest BCUT2D eigenvalue weighted by Crippen LogP contribution is -2.48. The highest BCUT2D eigenvalue weighted by molar-refractivity contribution is 6.39. The Bertz CT molecular complexity index is 1630. The van der Waals surface area contributed by atoms with Crippen LogP contribution in [0.15, 0.2) is 75.7 Å². The molecule has 0 saturated carbocycles. The van der Waals surface area contributed by atoms with E-state index in [9.17, 15) is 9.50 Å². The van der Waals surface area contributed by atoms with E-state index in [2.05, 4.69) is 19.9 Å². The standard InChI is InChI=1S/C30H27Cl2FN4O4/c31-24-5-2-6-25(32)29(24)27-15-23(41-35-27)17-37-11-9-36(10-12-37)16-21(38)18-39-22-7-8-28-26(14-22)34-30(40-28)19-3-1-4-20(33)13-19/h1-8,13-15,21,38H,9-12,16-18H2/t21-/m0/s1. The Balaban J connectivity index is 0.970. The van der Waals surface area contributed by atoms with E-state index >= 15 is 0 Å². The predicted molar refractivity (Wildman–Crippen MR) is 155 cm³/mol. The predicted octanol–water partition coefficient (Wildman–Crippen LogP) is 6.15. The van der Waals surface area contributed by atoms with Crippen LogP contribution in [-0.4, -0.2) is 70.5 Å². The third-order valence-electron chi connectivity index (χ3n) is 6.96. The monoisotopic (exact) mass is 596 g/mol. The van der Waals surface area contributed by atoms with E-state index < -0.39 is 6.10 Å². The molecule has 1 aliphatic rings. The number of nitrogens with zero attached hydrogens (tertiary/aromatic N) is 4. The summed E-state index contributed by atoms with van der Waals surface area (Å²) in [5.41, 5.74) is 3.02. The molecule has 3 aromatic carbocycles. The van der Waals surface area contributed by atoms with Gasteiger partial charge in [-0.3, -0.25) is 9.80 Å². The molecule has 0 radical (unpaired) electrons. The lowest BCUT2D eigenvalue weighted by Gasteiger charge is -2.35. The molecule has 0 spiro atoms. The summed E-state index contributed by atoms with van der Waals surface area (Å²) >= 11 is 12.6. The summed E-state index contributed by atoms with van der Waals surface area (Å²) in [5.74, 6) is 1.30. The van der Waals surface area contributed by atoms with Crippen molar-refractivity contribution in [3.63, 3.8) is 0 Å². The average Bonchev–Trinajstić information content (AvgIpc) is 3.60. The van der Waals surface area contributed by atoms with E-state index in [0.717, 1.165) is 31.9 Å². The van der Waals surface area contributed by atoms with Crippen molar-refractivity contribution in [1.29, 1.82) is 0 Å². The molecule has 6 rings (SSSR count). The summed E-state index contributed by atoms with van der Waals surface area (Å²) < 4.78 is 30.7. The molecular weight excluding hydrogens is 570 g/mol. The fourth-order valence-corrected chi connectivity index (χ4v) is 5.47. The molecule has 1 atom stereocenters. The topological polar surface area (TPSA) is 88.0 Å². The van der Waals surface area contributed by atoms with Gasteiger partial charge < -0.3 is 18.8 Å². The first-order valence-electron chi connectivity index (χ1n) is 13.2. The van der Waals surface area contributed by atoms with Crippen LogP contribution in [0.2, 0.25) is 10.0 Å². The van der Waals surface area contributed by atoms with Crippen molar-refractivity contribution < 1.29 is 23.2 Å². The molecular formula is C30H27Cl2FN4O4. The largest absolute Gasteiger partial charge is 0.491 e. The van der Waals surface area contributed by atoms with Crippen molar-refractivity contribution in [3.05, 3.63) is 88.4 Å². The fraction of sp³-hybridized carbons (Fsp3) is 0.267. The van der Waals surface area contributed by atoms with E-state index in [0.29, 0.717) is 62.7 Å². The first kappa shape index (κ1) is 27.7. The molecule has 11 heteroatoms. The maximum absolute atomic E-state index is 13.6. The summed E-state index contributed by atoms with van der Waals surface area (Å²) in [5, 5.41) is 15.8. The number of hydrogen-bond acceptors (Lipinski definition) is 8. The minimum Gasteiger partial charge on any atom is -0.491 e. The van der Waals surface area contributed by atoms with E-state index in [4.69, 9.17) is 36.9 Å². The molecule has 1 fully saturated rings. The van der Waals surface area contributed by atoms with Crippen LogP contribution >= 0.6 is 23.2 Å². The molecule has 0 amide bonds. The molecule has 1 N–H and O–H groups in total. The Morgan fingerprint density at radius 3 is 2.49 bits per heavy atom. The fourth-order valence-electron chi connectivity index (χ4n) is 4.88. The molecule has 3 heterocycles. The molecule has 5 aromatic rings. The molecule has 1 saturated heterocycles. The van der Waals surface area contributed by atoms with Crippen molar-refractivity contribution in [2.24, 2.45) is 0 Å². The van der Waals surface area contributed by atoms with Gasteiger partial charge in [-0.15, -0.1) is 0 Å². The number of β-amino-alcohol motifs (C(OH)–C–C–N with tert-alkyl or cyclic N) is 1. The summed E-state index contributed by atoms with van der Waals surface area (Å²) in [6.07, 6.45) is -0.658.